The summed E-state index contributed by atoms with van der Waals surface area (Å²) in [5.41, 5.74) is 1.29. The molecule has 112 valence electrons. The van der Waals surface area contributed by atoms with Crippen LogP contribution in [-0.2, 0) is 0 Å². The van der Waals surface area contributed by atoms with Gasteiger partial charge in [0.05, 0.1) is 5.56 Å². The molecule has 3 N–H and O–H groups in total. The molecule has 4 heteroatoms. The van der Waals surface area contributed by atoms with E-state index in [1.54, 1.807) is 0 Å². The lowest BCUT2D eigenvalue weighted by atomic mass is 10.1. The summed E-state index contributed by atoms with van der Waals surface area (Å²) in [6, 6.07) is 7.54. The number of carbonyl (C=O) groups is 1. The Morgan fingerprint density at radius 1 is 1.15 bits per heavy atom. The largest absolute Gasteiger partial charge is 0.396 e. The lowest BCUT2D eigenvalue weighted by Gasteiger charge is -2.21. The predicted molar refractivity (Wildman–Crippen MR) is 83.1 cm³/mol. The Balaban J connectivity index is 2.61. The summed E-state index contributed by atoms with van der Waals surface area (Å²) in [7, 11) is 0. The summed E-state index contributed by atoms with van der Waals surface area (Å²) in [4.78, 5) is 12.2. The van der Waals surface area contributed by atoms with Crippen LogP contribution in [0.1, 0.15) is 50.4 Å². The lowest BCUT2D eigenvalue weighted by Crippen LogP contribution is -2.40. The number of unbranched alkanes of at least 4 members (excludes halogenated alkanes) is 2. The second-order valence-corrected chi connectivity index (χ2v) is 5.96. The molecule has 0 radical (unpaired) electrons. The van der Waals surface area contributed by atoms with E-state index in [2.05, 4.69) is 10.6 Å². The summed E-state index contributed by atoms with van der Waals surface area (Å²) in [6.07, 6.45) is 2.80. The van der Waals surface area contributed by atoms with E-state index in [1.165, 1.54) is 0 Å². The van der Waals surface area contributed by atoms with Gasteiger partial charge in [-0.2, -0.15) is 0 Å². The predicted octanol–water partition coefficient (Wildman–Crippen LogP) is 2.79. The van der Waals surface area contributed by atoms with Gasteiger partial charge >= 0.3 is 0 Å². The zero-order valence-corrected chi connectivity index (χ0v) is 12.7. The first-order valence-electron chi connectivity index (χ1n) is 7.20. The molecule has 0 fully saturated rings. The van der Waals surface area contributed by atoms with Crippen molar-refractivity contribution >= 4 is 11.6 Å². The molecule has 0 saturated heterocycles. The minimum atomic E-state index is -0.245. The number of nitrogens with one attached hydrogen (secondary N) is 2. The SMILES string of the molecule is CC(C)(C)NC(=O)c1ccccc1NCCCCCO. The fourth-order valence-electron chi connectivity index (χ4n) is 1.88. The van der Waals surface area contributed by atoms with E-state index in [0.29, 0.717) is 5.56 Å². The van der Waals surface area contributed by atoms with Crippen LogP contribution in [0.3, 0.4) is 0 Å². The molecular weight excluding hydrogens is 252 g/mol. The van der Waals surface area contributed by atoms with Gasteiger partial charge in [-0.15, -0.1) is 0 Å². The summed E-state index contributed by atoms with van der Waals surface area (Å²) in [6.45, 7) is 6.95. The van der Waals surface area contributed by atoms with Crippen LogP contribution in [0.15, 0.2) is 24.3 Å². The van der Waals surface area contributed by atoms with Crippen molar-refractivity contribution in [3.8, 4) is 0 Å². The standard InChI is InChI=1S/C16H26N2O2/c1-16(2,3)18-15(20)13-9-5-6-10-14(13)17-11-7-4-8-12-19/h5-6,9-10,17,19H,4,7-8,11-12H2,1-3H3,(H,18,20). The summed E-state index contributed by atoms with van der Waals surface area (Å²) < 4.78 is 0. The minimum absolute atomic E-state index is 0.0593. The normalized spacial score (nSPS) is 11.2. The molecule has 1 amide bonds. The lowest BCUT2D eigenvalue weighted by molar-refractivity contribution is 0.0920. The summed E-state index contributed by atoms with van der Waals surface area (Å²) >= 11 is 0. The van der Waals surface area contributed by atoms with Crippen LogP contribution in [0, 0.1) is 0 Å². The number of rotatable bonds is 7. The van der Waals surface area contributed by atoms with Crippen LogP contribution in [0.5, 0.6) is 0 Å². The average molecular weight is 278 g/mol. The maximum atomic E-state index is 12.2. The maximum absolute atomic E-state index is 12.2. The Kier molecular flexibility index (Phi) is 6.52. The summed E-state index contributed by atoms with van der Waals surface area (Å²) in [5, 5.41) is 15.0. The third kappa shape index (κ3) is 6.06. The summed E-state index contributed by atoms with van der Waals surface area (Å²) in [5.74, 6) is -0.0593. The fourth-order valence-corrected chi connectivity index (χ4v) is 1.88. The van der Waals surface area contributed by atoms with Gasteiger partial charge in [-0.25, -0.2) is 0 Å². The molecular formula is C16H26N2O2. The Morgan fingerprint density at radius 3 is 2.50 bits per heavy atom. The van der Waals surface area contributed by atoms with Crippen molar-refractivity contribution in [3.63, 3.8) is 0 Å². The van der Waals surface area contributed by atoms with E-state index in [-0.39, 0.29) is 18.1 Å². The Hall–Kier alpha value is -1.55. The highest BCUT2D eigenvalue weighted by Gasteiger charge is 2.17. The van der Waals surface area contributed by atoms with Crippen LogP contribution in [-0.4, -0.2) is 29.7 Å². The number of hydrogen-bond acceptors (Lipinski definition) is 3. The molecule has 0 aliphatic carbocycles. The van der Waals surface area contributed by atoms with E-state index in [1.807, 2.05) is 45.0 Å². The molecule has 1 aromatic rings. The Labute approximate surface area is 121 Å². The van der Waals surface area contributed by atoms with Crippen molar-refractivity contribution in [2.75, 3.05) is 18.5 Å². The number of hydrogen-bond donors (Lipinski definition) is 3. The van der Waals surface area contributed by atoms with Gasteiger partial charge < -0.3 is 15.7 Å². The molecule has 0 bridgehead atoms. The first kappa shape index (κ1) is 16.5. The molecule has 0 spiro atoms. The number of anilines is 1. The van der Waals surface area contributed by atoms with E-state index < -0.39 is 0 Å². The molecule has 1 aromatic carbocycles. The molecule has 1 rings (SSSR count). The highest BCUT2D eigenvalue weighted by molar-refractivity contribution is 5.99. The number of aliphatic hydroxyl groups excluding tert-OH is 1. The van der Waals surface area contributed by atoms with Gasteiger partial charge in [-0.3, -0.25) is 4.79 Å². The van der Waals surface area contributed by atoms with Crippen LogP contribution in [0.25, 0.3) is 0 Å². The molecule has 0 unspecified atom stereocenters. The van der Waals surface area contributed by atoms with Gasteiger partial charge in [0.1, 0.15) is 0 Å². The van der Waals surface area contributed by atoms with Crippen LogP contribution < -0.4 is 10.6 Å². The second-order valence-electron chi connectivity index (χ2n) is 5.96. The Morgan fingerprint density at radius 2 is 1.85 bits per heavy atom. The topological polar surface area (TPSA) is 61.4 Å². The van der Waals surface area contributed by atoms with Gasteiger partial charge in [0, 0.05) is 24.4 Å². The molecule has 0 aliphatic heterocycles. The average Bonchev–Trinajstić information content (AvgIpc) is 2.37. The van der Waals surface area contributed by atoms with Gasteiger partial charge in [0.25, 0.3) is 5.91 Å². The second kappa shape index (κ2) is 7.90. The number of amides is 1. The zero-order valence-electron chi connectivity index (χ0n) is 12.7. The molecule has 20 heavy (non-hydrogen) atoms. The highest BCUT2D eigenvalue weighted by Crippen LogP contribution is 2.16. The third-order valence-electron chi connectivity index (χ3n) is 2.81. The van der Waals surface area contributed by atoms with Crippen molar-refractivity contribution < 1.29 is 9.90 Å². The number of para-hydroxylation sites is 1. The smallest absolute Gasteiger partial charge is 0.253 e. The van der Waals surface area contributed by atoms with Gasteiger partial charge in [0.2, 0.25) is 0 Å². The van der Waals surface area contributed by atoms with Crippen LogP contribution >= 0.6 is 0 Å². The van der Waals surface area contributed by atoms with Crippen molar-refractivity contribution in [1.82, 2.24) is 5.32 Å². The number of benzene rings is 1. The van der Waals surface area contributed by atoms with Crippen LogP contribution in [0.4, 0.5) is 5.69 Å². The number of carbonyl (C=O) groups excluding carboxylic acids is 1. The van der Waals surface area contributed by atoms with Crippen LogP contribution in [0.2, 0.25) is 0 Å². The molecule has 4 nitrogen and oxygen atoms in total. The zero-order chi connectivity index (χ0) is 15.0. The van der Waals surface area contributed by atoms with E-state index in [0.717, 1.165) is 31.5 Å². The molecule has 0 atom stereocenters. The minimum Gasteiger partial charge on any atom is -0.396 e. The quantitative estimate of drug-likeness (QED) is 0.672. The van der Waals surface area contributed by atoms with E-state index in [4.69, 9.17) is 5.11 Å². The van der Waals surface area contributed by atoms with Crippen molar-refractivity contribution in [2.45, 2.75) is 45.6 Å². The van der Waals surface area contributed by atoms with Gasteiger partial charge in [-0.05, 0) is 52.2 Å². The molecule has 0 heterocycles. The van der Waals surface area contributed by atoms with Crippen molar-refractivity contribution in [2.24, 2.45) is 0 Å². The molecule has 0 aromatic heterocycles. The van der Waals surface area contributed by atoms with Crippen molar-refractivity contribution in [1.29, 1.82) is 0 Å². The maximum Gasteiger partial charge on any atom is 0.253 e. The van der Waals surface area contributed by atoms with E-state index >= 15 is 0 Å². The monoisotopic (exact) mass is 278 g/mol. The highest BCUT2D eigenvalue weighted by atomic mass is 16.2. The van der Waals surface area contributed by atoms with Gasteiger partial charge in [0.15, 0.2) is 0 Å². The molecule has 0 saturated carbocycles. The number of aliphatic hydroxyl groups is 1. The van der Waals surface area contributed by atoms with Gasteiger partial charge in [-0.1, -0.05) is 12.1 Å². The molecule has 0 aliphatic rings. The first-order valence-corrected chi connectivity index (χ1v) is 7.20. The third-order valence-corrected chi connectivity index (χ3v) is 2.81. The fraction of sp³-hybridized carbons (Fsp3) is 0.562. The van der Waals surface area contributed by atoms with Crippen molar-refractivity contribution in [3.05, 3.63) is 29.8 Å². The first-order chi connectivity index (χ1) is 9.44. The Bertz CT molecular complexity index is 425. The van der Waals surface area contributed by atoms with E-state index in [9.17, 15) is 4.79 Å².